The molecule has 1 rings (SSSR count). The zero-order chi connectivity index (χ0) is 15.4. The van der Waals surface area contributed by atoms with Crippen LogP contribution in [0.15, 0.2) is 0 Å². The van der Waals surface area contributed by atoms with Crippen molar-refractivity contribution in [1.29, 1.82) is 0 Å². The first-order valence-corrected chi connectivity index (χ1v) is 8.30. The van der Waals surface area contributed by atoms with Crippen LogP contribution in [-0.2, 0) is 0 Å². The van der Waals surface area contributed by atoms with E-state index >= 15 is 0 Å². The molecule has 0 saturated carbocycles. The van der Waals surface area contributed by atoms with Gasteiger partial charge in [0.1, 0.15) is 0 Å². The topological polar surface area (TPSA) is 35.5 Å². The summed E-state index contributed by atoms with van der Waals surface area (Å²) in [6.45, 7) is 16.1. The molecule has 0 aromatic rings. The second-order valence-corrected chi connectivity index (χ2v) is 8.12. The Morgan fingerprint density at radius 1 is 1.20 bits per heavy atom. The summed E-state index contributed by atoms with van der Waals surface area (Å²) < 4.78 is 0. The Kier molecular flexibility index (Phi) is 6.49. The molecular formula is C17H36N2O. The fourth-order valence-corrected chi connectivity index (χ4v) is 3.53. The lowest BCUT2D eigenvalue weighted by atomic mass is 9.85. The summed E-state index contributed by atoms with van der Waals surface area (Å²) in [5, 5.41) is 13.3. The van der Waals surface area contributed by atoms with Gasteiger partial charge in [-0.25, -0.2) is 0 Å². The Labute approximate surface area is 126 Å². The van der Waals surface area contributed by atoms with E-state index in [0.29, 0.717) is 17.5 Å². The third-order valence-corrected chi connectivity index (χ3v) is 4.73. The fraction of sp³-hybridized carbons (Fsp3) is 1.00. The van der Waals surface area contributed by atoms with E-state index in [0.717, 1.165) is 6.42 Å². The summed E-state index contributed by atoms with van der Waals surface area (Å²) in [6.07, 6.45) is 4.91. The van der Waals surface area contributed by atoms with E-state index in [4.69, 9.17) is 0 Å². The Bertz CT molecular complexity index is 291. The van der Waals surface area contributed by atoms with Gasteiger partial charge >= 0.3 is 0 Å². The predicted octanol–water partition coefficient (Wildman–Crippen LogP) is 3.03. The second kappa shape index (κ2) is 7.24. The van der Waals surface area contributed by atoms with Gasteiger partial charge in [-0.2, -0.15) is 0 Å². The van der Waals surface area contributed by atoms with Crippen molar-refractivity contribution >= 4 is 0 Å². The van der Waals surface area contributed by atoms with Gasteiger partial charge in [0, 0.05) is 17.6 Å². The van der Waals surface area contributed by atoms with E-state index in [1.807, 2.05) is 0 Å². The van der Waals surface area contributed by atoms with Crippen LogP contribution in [0.5, 0.6) is 0 Å². The largest absolute Gasteiger partial charge is 0.394 e. The molecule has 2 unspecified atom stereocenters. The molecule has 2 N–H and O–H groups in total. The number of hydrogen-bond acceptors (Lipinski definition) is 3. The molecule has 2 atom stereocenters. The zero-order valence-electron chi connectivity index (χ0n) is 14.5. The van der Waals surface area contributed by atoms with Crippen molar-refractivity contribution in [3.63, 3.8) is 0 Å². The van der Waals surface area contributed by atoms with Crippen LogP contribution in [0.1, 0.15) is 67.2 Å². The molecule has 1 fully saturated rings. The number of hydrogen-bond donors (Lipinski definition) is 2. The van der Waals surface area contributed by atoms with Crippen molar-refractivity contribution in [1.82, 2.24) is 10.2 Å². The van der Waals surface area contributed by atoms with Crippen LogP contribution >= 0.6 is 0 Å². The Morgan fingerprint density at radius 3 is 2.40 bits per heavy atom. The van der Waals surface area contributed by atoms with Crippen LogP contribution in [0.3, 0.4) is 0 Å². The molecule has 1 saturated heterocycles. The fourth-order valence-electron chi connectivity index (χ4n) is 3.53. The van der Waals surface area contributed by atoms with Gasteiger partial charge in [0.05, 0.1) is 6.61 Å². The average Bonchev–Trinajstić information content (AvgIpc) is 2.49. The first-order chi connectivity index (χ1) is 9.17. The molecule has 0 amide bonds. The molecule has 3 heteroatoms. The Hall–Kier alpha value is -0.120. The van der Waals surface area contributed by atoms with Gasteiger partial charge in [-0.05, 0) is 58.0 Å². The standard InChI is InChI=1S/C17H36N2O/c1-14(2)18-17(6,13-20)12-15(3)19-10-7-8-16(4,5)9-11-19/h14-15,18,20H,7-13H2,1-6H3. The van der Waals surface area contributed by atoms with Gasteiger partial charge in [-0.3, -0.25) is 0 Å². The minimum Gasteiger partial charge on any atom is -0.394 e. The number of aliphatic hydroxyl groups excluding tert-OH is 1. The van der Waals surface area contributed by atoms with Gasteiger partial charge in [-0.15, -0.1) is 0 Å². The van der Waals surface area contributed by atoms with Gasteiger partial charge in [-0.1, -0.05) is 27.7 Å². The average molecular weight is 284 g/mol. The van der Waals surface area contributed by atoms with Gasteiger partial charge in [0.25, 0.3) is 0 Å². The van der Waals surface area contributed by atoms with E-state index in [1.54, 1.807) is 0 Å². The third kappa shape index (κ3) is 5.71. The summed E-state index contributed by atoms with van der Waals surface area (Å²) in [5.74, 6) is 0. The molecule has 1 heterocycles. The SMILES string of the molecule is CC(C)NC(C)(CO)CC(C)N1CCCC(C)(C)CC1. The van der Waals surface area contributed by atoms with E-state index in [9.17, 15) is 5.11 Å². The first kappa shape index (κ1) is 17.9. The number of nitrogens with zero attached hydrogens (tertiary/aromatic N) is 1. The Balaban J connectivity index is 2.58. The normalized spacial score (nSPS) is 25.2. The number of likely N-dealkylation sites (tertiary alicyclic amines) is 1. The van der Waals surface area contributed by atoms with Crippen LogP contribution in [-0.4, -0.2) is 47.3 Å². The quantitative estimate of drug-likeness (QED) is 0.787. The van der Waals surface area contributed by atoms with Gasteiger partial charge < -0.3 is 15.3 Å². The zero-order valence-corrected chi connectivity index (χ0v) is 14.5. The molecular weight excluding hydrogens is 248 g/mol. The highest BCUT2D eigenvalue weighted by molar-refractivity contribution is 4.89. The molecule has 0 bridgehead atoms. The monoisotopic (exact) mass is 284 g/mol. The van der Waals surface area contributed by atoms with Crippen molar-refractivity contribution in [3.05, 3.63) is 0 Å². The highest BCUT2D eigenvalue weighted by Crippen LogP contribution is 2.31. The molecule has 0 aromatic heterocycles. The summed E-state index contributed by atoms with van der Waals surface area (Å²) >= 11 is 0. The summed E-state index contributed by atoms with van der Waals surface area (Å²) in [7, 11) is 0. The van der Waals surface area contributed by atoms with E-state index < -0.39 is 0 Å². The van der Waals surface area contributed by atoms with Crippen LogP contribution in [0.2, 0.25) is 0 Å². The molecule has 20 heavy (non-hydrogen) atoms. The lowest BCUT2D eigenvalue weighted by Crippen LogP contribution is -2.53. The smallest absolute Gasteiger partial charge is 0.0611 e. The Morgan fingerprint density at radius 2 is 1.85 bits per heavy atom. The highest BCUT2D eigenvalue weighted by atomic mass is 16.3. The second-order valence-electron chi connectivity index (χ2n) is 8.12. The maximum atomic E-state index is 9.74. The molecule has 3 nitrogen and oxygen atoms in total. The molecule has 0 spiro atoms. The lowest BCUT2D eigenvalue weighted by molar-refractivity contribution is 0.109. The molecule has 0 aromatic carbocycles. The summed E-state index contributed by atoms with van der Waals surface area (Å²) in [6, 6.07) is 0.926. The van der Waals surface area contributed by atoms with Gasteiger partial charge in [0.2, 0.25) is 0 Å². The molecule has 120 valence electrons. The lowest BCUT2D eigenvalue weighted by Gasteiger charge is -2.38. The minimum atomic E-state index is -0.171. The van der Waals surface area contributed by atoms with Gasteiger partial charge in [0.15, 0.2) is 0 Å². The van der Waals surface area contributed by atoms with E-state index in [2.05, 4.69) is 51.8 Å². The van der Waals surface area contributed by atoms with Crippen molar-refractivity contribution in [2.45, 2.75) is 84.8 Å². The van der Waals surface area contributed by atoms with E-state index in [-0.39, 0.29) is 12.1 Å². The van der Waals surface area contributed by atoms with Crippen LogP contribution in [0.25, 0.3) is 0 Å². The number of rotatable bonds is 6. The number of nitrogens with one attached hydrogen (secondary N) is 1. The predicted molar refractivity (Wildman–Crippen MR) is 87.0 cm³/mol. The number of aliphatic hydroxyl groups is 1. The van der Waals surface area contributed by atoms with E-state index in [1.165, 1.54) is 32.4 Å². The van der Waals surface area contributed by atoms with Crippen molar-refractivity contribution in [3.8, 4) is 0 Å². The summed E-state index contributed by atoms with van der Waals surface area (Å²) in [4.78, 5) is 2.62. The van der Waals surface area contributed by atoms with Crippen LogP contribution < -0.4 is 5.32 Å². The third-order valence-electron chi connectivity index (χ3n) is 4.73. The first-order valence-electron chi connectivity index (χ1n) is 8.30. The maximum absolute atomic E-state index is 9.74. The minimum absolute atomic E-state index is 0.171. The van der Waals surface area contributed by atoms with Crippen molar-refractivity contribution < 1.29 is 5.11 Å². The van der Waals surface area contributed by atoms with Crippen LogP contribution in [0, 0.1) is 5.41 Å². The van der Waals surface area contributed by atoms with Crippen LogP contribution in [0.4, 0.5) is 0 Å². The molecule has 1 aliphatic rings. The summed E-state index contributed by atoms with van der Waals surface area (Å²) in [5.41, 5.74) is 0.320. The van der Waals surface area contributed by atoms with Crippen molar-refractivity contribution in [2.75, 3.05) is 19.7 Å². The maximum Gasteiger partial charge on any atom is 0.0611 e. The molecule has 0 aliphatic carbocycles. The van der Waals surface area contributed by atoms with Crippen molar-refractivity contribution in [2.24, 2.45) is 5.41 Å². The molecule has 1 aliphatic heterocycles. The highest BCUT2D eigenvalue weighted by Gasteiger charge is 2.31. The molecule has 0 radical (unpaired) electrons.